The fraction of sp³-hybridized carbons (Fsp3) is 1.00. The Bertz CT molecular complexity index is 78.2. The van der Waals surface area contributed by atoms with E-state index >= 15 is 0 Å². The summed E-state index contributed by atoms with van der Waals surface area (Å²) in [6.45, 7) is 5.97. The minimum absolute atomic E-state index is 0.355. The molecule has 0 aromatic rings. The van der Waals surface area contributed by atoms with Crippen molar-refractivity contribution < 1.29 is 17.9 Å². The predicted octanol–water partition coefficient (Wildman–Crippen LogP) is 3.00. The molecule has 0 fully saturated rings. The molecule has 0 N–H and O–H groups in total. The molecular formula is C7H15F3O. The minimum Gasteiger partial charge on any atom is -0.369 e. The van der Waals surface area contributed by atoms with Crippen molar-refractivity contribution in [3.63, 3.8) is 0 Å². The number of hydrogen-bond acceptors (Lipinski definition) is 1. The second-order valence-corrected chi connectivity index (χ2v) is 1.97. The molecule has 0 rings (SSSR count). The minimum atomic E-state index is -4.19. The van der Waals surface area contributed by atoms with Crippen LogP contribution in [0.2, 0.25) is 0 Å². The van der Waals surface area contributed by atoms with Gasteiger partial charge in [-0.25, -0.2) is 0 Å². The van der Waals surface area contributed by atoms with Gasteiger partial charge in [0.2, 0.25) is 0 Å². The van der Waals surface area contributed by atoms with Crippen LogP contribution in [0.15, 0.2) is 0 Å². The van der Waals surface area contributed by atoms with Crippen LogP contribution in [-0.2, 0) is 4.74 Å². The third kappa shape index (κ3) is 17.7. The van der Waals surface area contributed by atoms with E-state index in [9.17, 15) is 13.2 Å². The van der Waals surface area contributed by atoms with Crippen molar-refractivity contribution in [2.75, 3.05) is 6.61 Å². The Morgan fingerprint density at radius 2 is 1.55 bits per heavy atom. The highest BCUT2D eigenvalue weighted by atomic mass is 19.4. The van der Waals surface area contributed by atoms with E-state index in [2.05, 4.69) is 4.74 Å². The summed E-state index contributed by atoms with van der Waals surface area (Å²) in [5.74, 6) is 0. The first-order valence-electron chi connectivity index (χ1n) is 3.60. The number of rotatable bonds is 2. The van der Waals surface area contributed by atoms with Crippen LogP contribution in [0.5, 0.6) is 0 Å². The average Bonchev–Trinajstić information content (AvgIpc) is 1.87. The summed E-state index contributed by atoms with van der Waals surface area (Å²) >= 11 is 0. The van der Waals surface area contributed by atoms with Gasteiger partial charge in [0.05, 0.1) is 6.10 Å². The molecule has 0 atom stereocenters. The van der Waals surface area contributed by atoms with Crippen molar-refractivity contribution in [1.29, 1.82) is 0 Å². The van der Waals surface area contributed by atoms with Gasteiger partial charge in [-0.05, 0) is 13.8 Å². The van der Waals surface area contributed by atoms with Gasteiger partial charge in [-0.3, -0.25) is 0 Å². The maximum absolute atomic E-state index is 11.3. The second-order valence-electron chi connectivity index (χ2n) is 1.97. The van der Waals surface area contributed by atoms with Gasteiger partial charge in [0.25, 0.3) is 0 Å². The Morgan fingerprint density at radius 3 is 1.64 bits per heavy atom. The van der Waals surface area contributed by atoms with Crippen LogP contribution in [0.1, 0.15) is 27.7 Å². The van der Waals surface area contributed by atoms with Crippen LogP contribution in [0.3, 0.4) is 0 Å². The largest absolute Gasteiger partial charge is 0.411 e. The number of halogens is 3. The molecule has 0 aromatic carbocycles. The Kier molecular flexibility index (Phi) is 7.84. The van der Waals surface area contributed by atoms with E-state index < -0.39 is 12.8 Å². The van der Waals surface area contributed by atoms with Gasteiger partial charge in [0.1, 0.15) is 6.61 Å². The Balaban J connectivity index is 0. The number of hydrogen-bond donors (Lipinski definition) is 0. The smallest absolute Gasteiger partial charge is 0.369 e. The van der Waals surface area contributed by atoms with Crippen molar-refractivity contribution in [3.05, 3.63) is 0 Å². The maximum atomic E-state index is 11.3. The van der Waals surface area contributed by atoms with Crippen molar-refractivity contribution in [2.45, 2.75) is 40.0 Å². The van der Waals surface area contributed by atoms with E-state index in [0.717, 1.165) is 0 Å². The van der Waals surface area contributed by atoms with E-state index in [1.807, 2.05) is 13.8 Å². The fourth-order valence-electron chi connectivity index (χ4n) is 0.261. The van der Waals surface area contributed by atoms with Gasteiger partial charge in [-0.2, -0.15) is 13.2 Å². The molecule has 11 heavy (non-hydrogen) atoms. The van der Waals surface area contributed by atoms with E-state index in [1.165, 1.54) is 0 Å². The normalized spacial score (nSPS) is 10.9. The van der Waals surface area contributed by atoms with Crippen LogP contribution in [0, 0.1) is 0 Å². The molecule has 0 aliphatic carbocycles. The van der Waals surface area contributed by atoms with Crippen LogP contribution in [-0.4, -0.2) is 18.9 Å². The highest BCUT2D eigenvalue weighted by Gasteiger charge is 2.27. The summed E-state index contributed by atoms with van der Waals surface area (Å²) < 4.78 is 38.2. The predicted molar refractivity (Wildman–Crippen MR) is 38.5 cm³/mol. The van der Waals surface area contributed by atoms with Crippen molar-refractivity contribution >= 4 is 0 Å². The zero-order chi connectivity index (χ0) is 9.49. The summed E-state index contributed by atoms with van der Waals surface area (Å²) in [5.41, 5.74) is 0. The summed E-state index contributed by atoms with van der Waals surface area (Å²) in [4.78, 5) is 0. The lowest BCUT2D eigenvalue weighted by molar-refractivity contribution is -0.181. The quantitative estimate of drug-likeness (QED) is 0.622. The molecule has 4 heteroatoms. The summed E-state index contributed by atoms with van der Waals surface area (Å²) in [6.07, 6.45) is -4.55. The van der Waals surface area contributed by atoms with Gasteiger partial charge >= 0.3 is 6.18 Å². The maximum Gasteiger partial charge on any atom is 0.411 e. The van der Waals surface area contributed by atoms with Gasteiger partial charge < -0.3 is 4.74 Å². The molecule has 0 bridgehead atoms. The molecule has 70 valence electrons. The SMILES string of the molecule is CC.CC(C)OCC(F)(F)F. The molecule has 0 aromatic heterocycles. The van der Waals surface area contributed by atoms with Crippen LogP contribution < -0.4 is 0 Å². The molecular weight excluding hydrogens is 157 g/mol. The lowest BCUT2D eigenvalue weighted by Crippen LogP contribution is -2.19. The lowest BCUT2D eigenvalue weighted by Gasteiger charge is -2.09. The van der Waals surface area contributed by atoms with Crippen LogP contribution in [0.25, 0.3) is 0 Å². The van der Waals surface area contributed by atoms with Gasteiger partial charge in [-0.1, -0.05) is 13.8 Å². The first-order valence-corrected chi connectivity index (χ1v) is 3.60. The molecule has 0 aliphatic rings. The van der Waals surface area contributed by atoms with Crippen LogP contribution >= 0.6 is 0 Å². The number of ether oxygens (including phenoxy) is 1. The molecule has 0 heterocycles. The topological polar surface area (TPSA) is 9.23 Å². The van der Waals surface area contributed by atoms with Gasteiger partial charge in [-0.15, -0.1) is 0 Å². The summed E-state index contributed by atoms with van der Waals surface area (Å²) in [6, 6.07) is 0. The second kappa shape index (κ2) is 6.46. The van der Waals surface area contributed by atoms with E-state index in [-0.39, 0.29) is 6.10 Å². The van der Waals surface area contributed by atoms with Crippen molar-refractivity contribution in [3.8, 4) is 0 Å². The van der Waals surface area contributed by atoms with E-state index in [0.29, 0.717) is 0 Å². The average molecular weight is 172 g/mol. The third-order valence-electron chi connectivity index (χ3n) is 0.580. The first-order chi connectivity index (χ1) is 4.92. The summed E-state index contributed by atoms with van der Waals surface area (Å²) in [5, 5.41) is 0. The molecule has 0 radical (unpaired) electrons. The highest BCUT2D eigenvalue weighted by molar-refractivity contribution is 4.46. The molecule has 0 spiro atoms. The van der Waals surface area contributed by atoms with Crippen molar-refractivity contribution in [1.82, 2.24) is 0 Å². The molecule has 0 aliphatic heterocycles. The standard InChI is InChI=1S/C5H9F3O.C2H6/c1-4(2)9-3-5(6,7)8;1-2/h4H,3H2,1-2H3;1-2H3. The highest BCUT2D eigenvalue weighted by Crippen LogP contribution is 2.14. The van der Waals surface area contributed by atoms with Crippen LogP contribution in [0.4, 0.5) is 13.2 Å². The van der Waals surface area contributed by atoms with Gasteiger partial charge in [0, 0.05) is 0 Å². The van der Waals surface area contributed by atoms with Crippen molar-refractivity contribution in [2.24, 2.45) is 0 Å². The Morgan fingerprint density at radius 1 is 1.18 bits per heavy atom. The number of alkyl halides is 3. The van der Waals surface area contributed by atoms with Gasteiger partial charge in [0.15, 0.2) is 0 Å². The zero-order valence-corrected chi connectivity index (χ0v) is 7.33. The summed E-state index contributed by atoms with van der Waals surface area (Å²) in [7, 11) is 0. The molecule has 0 saturated carbocycles. The Labute approximate surface area is 65.5 Å². The molecule has 0 amide bonds. The molecule has 0 unspecified atom stereocenters. The monoisotopic (exact) mass is 172 g/mol. The zero-order valence-electron chi connectivity index (χ0n) is 7.33. The fourth-order valence-corrected chi connectivity index (χ4v) is 0.261. The molecule has 1 nitrogen and oxygen atoms in total. The van der Waals surface area contributed by atoms with E-state index in [1.54, 1.807) is 13.8 Å². The Hall–Kier alpha value is -0.250. The first kappa shape index (κ1) is 13.3. The lowest BCUT2D eigenvalue weighted by atomic mass is 10.5. The third-order valence-corrected chi connectivity index (χ3v) is 0.580. The molecule has 0 saturated heterocycles. The van der Waals surface area contributed by atoms with E-state index in [4.69, 9.17) is 0 Å².